The van der Waals surface area contributed by atoms with Crippen molar-refractivity contribution in [3.8, 4) is 0 Å². The van der Waals surface area contributed by atoms with Crippen LogP contribution in [0.3, 0.4) is 0 Å². The molecule has 2 unspecified atom stereocenters. The number of nitrogens with one attached hydrogen (secondary N) is 1. The van der Waals surface area contributed by atoms with E-state index >= 15 is 0 Å². The van der Waals surface area contributed by atoms with Crippen LogP contribution in [0.5, 0.6) is 0 Å². The average molecular weight is 302 g/mol. The van der Waals surface area contributed by atoms with Crippen LogP contribution >= 0.6 is 15.9 Å². The summed E-state index contributed by atoms with van der Waals surface area (Å²) in [5.74, 6) is 0.270. The van der Waals surface area contributed by atoms with Gasteiger partial charge in [-0.05, 0) is 40.9 Å². The van der Waals surface area contributed by atoms with Crippen LogP contribution in [0.25, 0.3) is 0 Å². The zero-order chi connectivity index (χ0) is 12.3. The third-order valence-electron chi connectivity index (χ3n) is 3.26. The third kappa shape index (κ3) is 3.10. The summed E-state index contributed by atoms with van der Waals surface area (Å²) in [6.45, 7) is 0.132. The number of carbonyl (C=O) groups is 1. The van der Waals surface area contributed by atoms with Crippen molar-refractivity contribution in [2.24, 2.45) is 5.92 Å². The highest BCUT2D eigenvalue weighted by molar-refractivity contribution is 9.10. The van der Waals surface area contributed by atoms with Gasteiger partial charge in [0.25, 0.3) is 5.91 Å². The summed E-state index contributed by atoms with van der Waals surface area (Å²) in [6.07, 6.45) is 4.13. The molecule has 94 valence electrons. The Hall–Kier alpha value is -0.810. The summed E-state index contributed by atoms with van der Waals surface area (Å²) in [6, 6.07) is 3.39. The lowest BCUT2D eigenvalue weighted by molar-refractivity contribution is 0.0844. The molecule has 2 rings (SSSR count). The normalized spacial score (nSPS) is 24.6. The van der Waals surface area contributed by atoms with E-state index in [1.807, 2.05) is 0 Å². The molecule has 2 atom stereocenters. The van der Waals surface area contributed by atoms with E-state index in [9.17, 15) is 9.90 Å². The van der Waals surface area contributed by atoms with Gasteiger partial charge in [-0.15, -0.1) is 0 Å². The second kappa shape index (κ2) is 5.69. The molecule has 1 heterocycles. The average Bonchev–Trinajstić information content (AvgIpc) is 2.77. The first-order valence-corrected chi connectivity index (χ1v) is 6.67. The number of amides is 1. The lowest BCUT2D eigenvalue weighted by Crippen LogP contribution is -2.43. The highest BCUT2D eigenvalue weighted by Gasteiger charge is 2.26. The van der Waals surface area contributed by atoms with Crippen molar-refractivity contribution in [1.82, 2.24) is 5.32 Å². The van der Waals surface area contributed by atoms with Crippen molar-refractivity contribution in [2.75, 3.05) is 6.61 Å². The zero-order valence-electron chi connectivity index (χ0n) is 9.49. The quantitative estimate of drug-likeness (QED) is 0.900. The van der Waals surface area contributed by atoms with E-state index in [-0.39, 0.29) is 24.5 Å². The maximum atomic E-state index is 11.9. The molecule has 0 radical (unpaired) electrons. The van der Waals surface area contributed by atoms with E-state index in [0.29, 0.717) is 10.4 Å². The van der Waals surface area contributed by atoms with Crippen LogP contribution in [0.4, 0.5) is 0 Å². The van der Waals surface area contributed by atoms with Crippen LogP contribution in [0.15, 0.2) is 21.2 Å². The molecule has 0 aliphatic heterocycles. The second-order valence-electron chi connectivity index (χ2n) is 4.41. The molecule has 1 aliphatic rings. The molecule has 0 bridgehead atoms. The summed E-state index contributed by atoms with van der Waals surface area (Å²) in [4.78, 5) is 11.9. The number of halogens is 1. The molecule has 17 heavy (non-hydrogen) atoms. The molecular weight excluding hydrogens is 286 g/mol. The van der Waals surface area contributed by atoms with Crippen molar-refractivity contribution < 1.29 is 14.3 Å². The van der Waals surface area contributed by atoms with Crippen LogP contribution in [0, 0.1) is 5.92 Å². The van der Waals surface area contributed by atoms with E-state index in [2.05, 4.69) is 21.2 Å². The predicted molar refractivity (Wildman–Crippen MR) is 66.7 cm³/mol. The van der Waals surface area contributed by atoms with Crippen molar-refractivity contribution in [1.29, 1.82) is 0 Å². The second-order valence-corrected chi connectivity index (χ2v) is 5.19. The van der Waals surface area contributed by atoms with Gasteiger partial charge in [-0.3, -0.25) is 4.79 Å². The van der Waals surface area contributed by atoms with E-state index < -0.39 is 0 Å². The number of aliphatic hydroxyl groups is 1. The molecule has 1 aliphatic carbocycles. The minimum absolute atomic E-state index is 0.0603. The number of hydrogen-bond donors (Lipinski definition) is 2. The standard InChI is InChI=1S/C12H16BrNO3/c13-11-6-5-10(17-11)12(16)14-9-4-2-1-3-8(9)7-15/h5-6,8-9,15H,1-4,7H2,(H,14,16). The van der Waals surface area contributed by atoms with Gasteiger partial charge in [-0.25, -0.2) is 0 Å². The lowest BCUT2D eigenvalue weighted by atomic mass is 9.85. The minimum Gasteiger partial charge on any atom is -0.444 e. The van der Waals surface area contributed by atoms with Gasteiger partial charge in [-0.2, -0.15) is 0 Å². The summed E-state index contributed by atoms with van der Waals surface area (Å²) in [5.41, 5.74) is 0. The molecular formula is C12H16BrNO3. The molecule has 0 saturated heterocycles. The van der Waals surface area contributed by atoms with E-state index in [4.69, 9.17) is 4.42 Å². The van der Waals surface area contributed by atoms with Gasteiger partial charge in [0.05, 0.1) is 0 Å². The Morgan fingerprint density at radius 1 is 1.47 bits per heavy atom. The smallest absolute Gasteiger partial charge is 0.287 e. The minimum atomic E-state index is -0.207. The molecule has 1 fully saturated rings. The Balaban J connectivity index is 1.97. The largest absolute Gasteiger partial charge is 0.444 e. The number of rotatable bonds is 3. The summed E-state index contributed by atoms with van der Waals surface area (Å²) in [7, 11) is 0. The van der Waals surface area contributed by atoms with Gasteiger partial charge in [0, 0.05) is 18.6 Å². The predicted octanol–water partition coefficient (Wildman–Crippen LogP) is 2.32. The fraction of sp³-hybridized carbons (Fsp3) is 0.583. The molecule has 1 amide bonds. The number of hydrogen-bond acceptors (Lipinski definition) is 3. The van der Waals surface area contributed by atoms with Gasteiger partial charge < -0.3 is 14.8 Å². The van der Waals surface area contributed by atoms with Gasteiger partial charge in [0.2, 0.25) is 0 Å². The Morgan fingerprint density at radius 2 is 2.24 bits per heavy atom. The Morgan fingerprint density at radius 3 is 2.88 bits per heavy atom. The zero-order valence-corrected chi connectivity index (χ0v) is 11.1. The van der Waals surface area contributed by atoms with Crippen molar-refractivity contribution in [3.63, 3.8) is 0 Å². The third-order valence-corrected chi connectivity index (χ3v) is 3.68. The number of furan rings is 1. The SMILES string of the molecule is O=C(NC1CCCCC1CO)c1ccc(Br)o1. The Kier molecular flexibility index (Phi) is 4.23. The Labute approximate surface area is 109 Å². The van der Waals surface area contributed by atoms with E-state index in [0.717, 1.165) is 25.7 Å². The molecule has 0 spiro atoms. The topological polar surface area (TPSA) is 62.5 Å². The van der Waals surface area contributed by atoms with Crippen LogP contribution in [0.1, 0.15) is 36.2 Å². The van der Waals surface area contributed by atoms with Gasteiger partial charge in [-0.1, -0.05) is 12.8 Å². The van der Waals surface area contributed by atoms with Crippen LogP contribution in [-0.2, 0) is 0 Å². The van der Waals surface area contributed by atoms with Crippen molar-refractivity contribution in [2.45, 2.75) is 31.7 Å². The maximum absolute atomic E-state index is 11.9. The first-order valence-electron chi connectivity index (χ1n) is 5.88. The Bertz CT molecular complexity index is 391. The first kappa shape index (κ1) is 12.6. The van der Waals surface area contributed by atoms with Gasteiger partial charge in [0.1, 0.15) is 0 Å². The highest BCUT2D eigenvalue weighted by atomic mass is 79.9. The maximum Gasteiger partial charge on any atom is 0.287 e. The van der Waals surface area contributed by atoms with Crippen molar-refractivity contribution in [3.05, 3.63) is 22.6 Å². The molecule has 1 saturated carbocycles. The number of carbonyl (C=O) groups excluding carboxylic acids is 1. The monoisotopic (exact) mass is 301 g/mol. The van der Waals surface area contributed by atoms with Gasteiger partial charge in [0.15, 0.2) is 10.4 Å². The molecule has 0 aromatic carbocycles. The van der Waals surface area contributed by atoms with E-state index in [1.54, 1.807) is 12.1 Å². The fourth-order valence-electron chi connectivity index (χ4n) is 2.29. The molecule has 2 N–H and O–H groups in total. The van der Waals surface area contributed by atoms with E-state index in [1.165, 1.54) is 0 Å². The van der Waals surface area contributed by atoms with Crippen LogP contribution < -0.4 is 5.32 Å². The van der Waals surface area contributed by atoms with Crippen LogP contribution in [-0.4, -0.2) is 23.7 Å². The summed E-state index contributed by atoms with van der Waals surface area (Å²) in [5, 5.41) is 12.2. The molecule has 5 heteroatoms. The van der Waals surface area contributed by atoms with Gasteiger partial charge >= 0.3 is 0 Å². The summed E-state index contributed by atoms with van der Waals surface area (Å²) >= 11 is 3.16. The fourth-order valence-corrected chi connectivity index (χ4v) is 2.60. The lowest BCUT2D eigenvalue weighted by Gasteiger charge is -2.30. The van der Waals surface area contributed by atoms with Crippen molar-refractivity contribution >= 4 is 21.8 Å². The first-order chi connectivity index (χ1) is 8.20. The highest BCUT2D eigenvalue weighted by Crippen LogP contribution is 2.24. The van der Waals surface area contributed by atoms with Crippen LogP contribution in [0.2, 0.25) is 0 Å². The molecule has 1 aromatic heterocycles. The molecule has 1 aromatic rings. The molecule has 4 nitrogen and oxygen atoms in total. The number of aliphatic hydroxyl groups excluding tert-OH is 1. The summed E-state index contributed by atoms with van der Waals surface area (Å²) < 4.78 is 5.74.